The lowest BCUT2D eigenvalue weighted by Crippen LogP contribution is -2.19. The molecule has 0 aromatic carbocycles. The topological polar surface area (TPSA) is 20.3 Å². The van der Waals surface area contributed by atoms with Crippen molar-refractivity contribution in [2.45, 2.75) is 19.4 Å². The predicted molar refractivity (Wildman–Crippen MR) is 78.5 cm³/mol. The van der Waals surface area contributed by atoms with Gasteiger partial charge in [0, 0.05) is 17.8 Å². The molecule has 0 atom stereocenters. The first-order valence-electron chi connectivity index (χ1n) is 6.03. The van der Waals surface area contributed by atoms with Crippen molar-refractivity contribution in [3.05, 3.63) is 44.8 Å². The number of ketones is 1. The first-order valence-corrected chi connectivity index (χ1v) is 7.79. The maximum atomic E-state index is 11.8. The minimum absolute atomic E-state index is 0.273. The van der Waals surface area contributed by atoms with Crippen LogP contribution in [0.4, 0.5) is 0 Å². The van der Waals surface area contributed by atoms with Gasteiger partial charge in [0.2, 0.25) is 0 Å². The van der Waals surface area contributed by atoms with E-state index in [0.717, 1.165) is 24.4 Å². The lowest BCUT2D eigenvalue weighted by molar-refractivity contribution is 0.0980. The number of carbonyl (C=O) groups excluding carboxylic acids is 1. The summed E-state index contributed by atoms with van der Waals surface area (Å²) in [5.41, 5.74) is 0. The number of Topliss-reactive ketones (excluding diaryl/α,β-unsaturated/α-hetero) is 1. The van der Waals surface area contributed by atoms with E-state index in [-0.39, 0.29) is 5.78 Å². The van der Waals surface area contributed by atoms with Crippen LogP contribution in [-0.4, -0.2) is 24.3 Å². The smallest absolute Gasteiger partial charge is 0.172 e. The molecule has 2 heterocycles. The highest BCUT2D eigenvalue weighted by Gasteiger charge is 2.07. The van der Waals surface area contributed by atoms with E-state index in [9.17, 15) is 4.79 Å². The summed E-state index contributed by atoms with van der Waals surface area (Å²) >= 11 is 3.31. The molecule has 0 aliphatic heterocycles. The van der Waals surface area contributed by atoms with Gasteiger partial charge in [-0.3, -0.25) is 4.79 Å². The van der Waals surface area contributed by atoms with Gasteiger partial charge in [-0.25, -0.2) is 0 Å². The van der Waals surface area contributed by atoms with E-state index in [1.165, 1.54) is 16.2 Å². The van der Waals surface area contributed by atoms with Gasteiger partial charge in [0.25, 0.3) is 0 Å². The summed E-state index contributed by atoms with van der Waals surface area (Å²) in [5, 5.41) is 4.06. The molecule has 0 saturated carbocycles. The van der Waals surface area contributed by atoms with Crippen LogP contribution in [0.2, 0.25) is 0 Å². The van der Waals surface area contributed by atoms with Crippen LogP contribution in [0, 0.1) is 0 Å². The molecule has 96 valence electrons. The normalized spacial score (nSPS) is 11.0. The number of hydrogen-bond acceptors (Lipinski definition) is 4. The Balaban J connectivity index is 1.67. The van der Waals surface area contributed by atoms with Crippen LogP contribution in [0.25, 0.3) is 0 Å². The summed E-state index contributed by atoms with van der Waals surface area (Å²) in [4.78, 5) is 16.3. The Morgan fingerprint density at radius 2 is 2.00 bits per heavy atom. The van der Waals surface area contributed by atoms with Crippen LogP contribution in [0.5, 0.6) is 0 Å². The lowest BCUT2D eigenvalue weighted by Gasteiger charge is -2.14. The molecule has 0 spiro atoms. The second kappa shape index (κ2) is 6.83. The fraction of sp³-hybridized carbons (Fsp3) is 0.357. The van der Waals surface area contributed by atoms with E-state index >= 15 is 0 Å². The molecule has 0 aliphatic rings. The molecule has 0 amide bonds. The number of nitrogens with zero attached hydrogens (tertiary/aromatic N) is 1. The minimum Gasteiger partial charge on any atom is -0.301 e. The van der Waals surface area contributed by atoms with Gasteiger partial charge in [-0.1, -0.05) is 12.1 Å². The van der Waals surface area contributed by atoms with Crippen molar-refractivity contribution in [1.29, 1.82) is 0 Å². The maximum Gasteiger partial charge on any atom is 0.172 e. The van der Waals surface area contributed by atoms with Crippen LogP contribution in [-0.2, 0) is 6.54 Å². The third kappa shape index (κ3) is 4.05. The Morgan fingerprint density at radius 3 is 2.67 bits per heavy atom. The fourth-order valence-electron chi connectivity index (χ4n) is 1.82. The molecule has 0 N–H and O–H groups in total. The molecule has 2 nitrogen and oxygen atoms in total. The molecule has 0 bridgehead atoms. The minimum atomic E-state index is 0.273. The SMILES string of the molecule is CN(CCCC(=O)c1cccs1)Cc1cccs1. The van der Waals surface area contributed by atoms with Crippen LogP contribution in [0.1, 0.15) is 27.4 Å². The molecule has 0 fully saturated rings. The van der Waals surface area contributed by atoms with E-state index in [4.69, 9.17) is 0 Å². The van der Waals surface area contributed by atoms with Gasteiger partial charge in [-0.15, -0.1) is 22.7 Å². The number of carbonyl (C=O) groups is 1. The van der Waals surface area contributed by atoms with Gasteiger partial charge < -0.3 is 4.90 Å². The highest BCUT2D eigenvalue weighted by Crippen LogP contribution is 2.14. The Hall–Kier alpha value is -0.970. The Labute approximate surface area is 116 Å². The molecule has 2 rings (SSSR count). The molecule has 0 aliphatic carbocycles. The van der Waals surface area contributed by atoms with E-state index in [0.29, 0.717) is 6.42 Å². The van der Waals surface area contributed by atoms with E-state index in [2.05, 4.69) is 29.5 Å². The number of hydrogen-bond donors (Lipinski definition) is 0. The van der Waals surface area contributed by atoms with Gasteiger partial charge >= 0.3 is 0 Å². The van der Waals surface area contributed by atoms with Gasteiger partial charge in [0.05, 0.1) is 4.88 Å². The van der Waals surface area contributed by atoms with Crippen molar-refractivity contribution in [3.63, 3.8) is 0 Å². The quantitative estimate of drug-likeness (QED) is 0.716. The Kier molecular flexibility index (Phi) is 5.11. The van der Waals surface area contributed by atoms with Crippen LogP contribution >= 0.6 is 22.7 Å². The zero-order valence-electron chi connectivity index (χ0n) is 10.5. The van der Waals surface area contributed by atoms with E-state index in [1.54, 1.807) is 11.3 Å². The molecule has 2 aromatic rings. The Morgan fingerprint density at radius 1 is 1.22 bits per heavy atom. The highest BCUT2D eigenvalue weighted by atomic mass is 32.1. The largest absolute Gasteiger partial charge is 0.301 e. The summed E-state index contributed by atoms with van der Waals surface area (Å²) in [6.45, 7) is 1.94. The zero-order chi connectivity index (χ0) is 12.8. The molecule has 0 saturated heterocycles. The fourth-order valence-corrected chi connectivity index (χ4v) is 3.30. The van der Waals surface area contributed by atoms with Crippen LogP contribution in [0.3, 0.4) is 0 Å². The summed E-state index contributed by atoms with van der Waals surface area (Å²) in [7, 11) is 2.11. The average molecular weight is 279 g/mol. The number of thiophene rings is 2. The van der Waals surface area contributed by atoms with Crippen molar-refractivity contribution in [2.75, 3.05) is 13.6 Å². The van der Waals surface area contributed by atoms with Crippen molar-refractivity contribution in [3.8, 4) is 0 Å². The van der Waals surface area contributed by atoms with Crippen molar-refractivity contribution >= 4 is 28.5 Å². The number of rotatable bonds is 7. The molecular formula is C14H17NOS2. The van der Waals surface area contributed by atoms with Gasteiger partial charge in [-0.05, 0) is 42.9 Å². The van der Waals surface area contributed by atoms with E-state index in [1.807, 2.05) is 17.5 Å². The monoisotopic (exact) mass is 279 g/mol. The third-order valence-corrected chi connectivity index (χ3v) is 4.52. The third-order valence-electron chi connectivity index (χ3n) is 2.75. The van der Waals surface area contributed by atoms with Gasteiger partial charge in [0.15, 0.2) is 5.78 Å². The summed E-state index contributed by atoms with van der Waals surface area (Å²) in [5.74, 6) is 0.273. The first kappa shape index (κ1) is 13.5. The second-order valence-corrected chi connectivity index (χ2v) is 6.30. The van der Waals surface area contributed by atoms with Gasteiger partial charge in [0.1, 0.15) is 0 Å². The second-order valence-electron chi connectivity index (χ2n) is 4.32. The van der Waals surface area contributed by atoms with Crippen LogP contribution in [0.15, 0.2) is 35.0 Å². The predicted octanol–water partition coefficient (Wildman–Crippen LogP) is 3.90. The lowest BCUT2D eigenvalue weighted by atomic mass is 10.2. The van der Waals surface area contributed by atoms with Crippen LogP contribution < -0.4 is 0 Å². The van der Waals surface area contributed by atoms with Crippen molar-refractivity contribution in [1.82, 2.24) is 4.90 Å². The van der Waals surface area contributed by atoms with Crippen molar-refractivity contribution < 1.29 is 4.79 Å². The first-order chi connectivity index (χ1) is 8.75. The zero-order valence-corrected chi connectivity index (χ0v) is 12.1. The molecule has 0 radical (unpaired) electrons. The molecule has 2 aromatic heterocycles. The molecule has 18 heavy (non-hydrogen) atoms. The molecule has 4 heteroatoms. The van der Waals surface area contributed by atoms with E-state index < -0.39 is 0 Å². The highest BCUT2D eigenvalue weighted by molar-refractivity contribution is 7.12. The average Bonchev–Trinajstić information content (AvgIpc) is 3.00. The summed E-state index contributed by atoms with van der Waals surface area (Å²) < 4.78 is 0. The summed E-state index contributed by atoms with van der Waals surface area (Å²) in [6, 6.07) is 8.06. The summed E-state index contributed by atoms with van der Waals surface area (Å²) in [6.07, 6.45) is 1.58. The molecule has 0 unspecified atom stereocenters. The maximum absolute atomic E-state index is 11.8. The van der Waals surface area contributed by atoms with Gasteiger partial charge in [-0.2, -0.15) is 0 Å². The Bertz CT molecular complexity index is 462. The molecular weight excluding hydrogens is 262 g/mol. The standard InChI is InChI=1S/C14H17NOS2/c1-15(11-12-5-3-9-17-12)8-2-6-13(16)14-7-4-10-18-14/h3-5,7,9-10H,2,6,8,11H2,1H3. The van der Waals surface area contributed by atoms with Crippen molar-refractivity contribution in [2.24, 2.45) is 0 Å².